The number of hydrogen-bond acceptors (Lipinski definition) is 4. The Hall–Kier alpha value is -2.90. The maximum Gasteiger partial charge on any atom is 0.251 e. The number of rotatable bonds is 7. The van der Waals surface area contributed by atoms with Crippen LogP contribution in [0.3, 0.4) is 0 Å². The molecule has 0 saturated carbocycles. The number of amides is 1. The van der Waals surface area contributed by atoms with E-state index in [-0.39, 0.29) is 29.0 Å². The highest BCUT2D eigenvalue weighted by atomic mass is 32.2. The van der Waals surface area contributed by atoms with Crippen molar-refractivity contribution < 1.29 is 17.6 Å². The minimum Gasteiger partial charge on any atom is -0.459 e. The van der Waals surface area contributed by atoms with Crippen LogP contribution in [0.4, 0.5) is 0 Å². The van der Waals surface area contributed by atoms with Crippen LogP contribution in [0.2, 0.25) is 0 Å². The van der Waals surface area contributed by atoms with E-state index in [4.69, 9.17) is 4.42 Å². The Morgan fingerprint density at radius 1 is 1.19 bits per heavy atom. The number of para-hydroxylation sites is 1. The molecule has 0 bridgehead atoms. The zero-order valence-corrected chi connectivity index (χ0v) is 15.6. The second kappa shape index (κ2) is 7.77. The molecule has 1 heterocycles. The molecule has 0 fully saturated rings. The Balaban J connectivity index is 1.77. The van der Waals surface area contributed by atoms with Gasteiger partial charge in [0.15, 0.2) is 0 Å². The summed E-state index contributed by atoms with van der Waals surface area (Å²) in [6, 6.07) is 15.0. The summed E-state index contributed by atoms with van der Waals surface area (Å²) in [5, 5.41) is 3.78. The quantitative estimate of drug-likeness (QED) is 0.611. The lowest BCUT2D eigenvalue weighted by atomic mass is 10.1. The second-order valence-electron chi connectivity index (χ2n) is 6.05. The van der Waals surface area contributed by atoms with Gasteiger partial charge in [-0.1, -0.05) is 30.3 Å². The molecule has 0 saturated heterocycles. The van der Waals surface area contributed by atoms with Crippen molar-refractivity contribution in [3.63, 3.8) is 0 Å². The van der Waals surface area contributed by atoms with Crippen molar-refractivity contribution in [2.75, 3.05) is 6.54 Å². The SMILES string of the molecule is C=CCNS(=O)(=O)c1cccc(C(=O)NC(C)c2cc3ccccc3o2)c1. The summed E-state index contributed by atoms with van der Waals surface area (Å²) in [4.78, 5) is 12.6. The summed E-state index contributed by atoms with van der Waals surface area (Å²) in [5.41, 5.74) is 0.995. The average Bonchev–Trinajstić information content (AvgIpc) is 3.11. The van der Waals surface area contributed by atoms with Gasteiger partial charge in [0.05, 0.1) is 10.9 Å². The van der Waals surface area contributed by atoms with Crippen LogP contribution in [0.25, 0.3) is 11.0 Å². The van der Waals surface area contributed by atoms with Crippen LogP contribution in [0.1, 0.15) is 29.1 Å². The maximum absolute atomic E-state index is 12.6. The van der Waals surface area contributed by atoms with Gasteiger partial charge >= 0.3 is 0 Å². The standard InChI is InChI=1S/C20H20N2O4S/c1-3-11-21-27(24,25)17-9-6-8-16(12-17)20(23)22-14(2)19-13-15-7-4-5-10-18(15)26-19/h3-10,12-14,21H,1,11H2,2H3,(H,22,23). The van der Waals surface area contributed by atoms with Gasteiger partial charge in [-0.05, 0) is 37.3 Å². The summed E-state index contributed by atoms with van der Waals surface area (Å²) < 4.78 is 32.5. The number of fused-ring (bicyclic) bond motifs is 1. The van der Waals surface area contributed by atoms with Crippen LogP contribution in [0.15, 0.2) is 76.6 Å². The zero-order chi connectivity index (χ0) is 19.4. The van der Waals surface area contributed by atoms with Gasteiger partial charge in [0, 0.05) is 17.5 Å². The van der Waals surface area contributed by atoms with Crippen LogP contribution in [0, 0.1) is 0 Å². The molecular formula is C20H20N2O4S. The Bertz CT molecular complexity index is 1050. The van der Waals surface area contributed by atoms with Crippen molar-refractivity contribution in [3.8, 4) is 0 Å². The predicted molar refractivity (Wildman–Crippen MR) is 104 cm³/mol. The second-order valence-corrected chi connectivity index (χ2v) is 7.82. The third kappa shape index (κ3) is 4.27. The van der Waals surface area contributed by atoms with Crippen molar-refractivity contribution in [2.45, 2.75) is 17.9 Å². The van der Waals surface area contributed by atoms with Crippen molar-refractivity contribution in [2.24, 2.45) is 0 Å². The van der Waals surface area contributed by atoms with Crippen molar-refractivity contribution in [3.05, 3.63) is 78.6 Å². The van der Waals surface area contributed by atoms with Gasteiger partial charge < -0.3 is 9.73 Å². The molecule has 2 aromatic carbocycles. The first-order valence-electron chi connectivity index (χ1n) is 8.40. The van der Waals surface area contributed by atoms with Crippen molar-refractivity contribution >= 4 is 26.9 Å². The first kappa shape index (κ1) is 18.9. The van der Waals surface area contributed by atoms with E-state index < -0.39 is 10.0 Å². The summed E-state index contributed by atoms with van der Waals surface area (Å²) in [7, 11) is -3.70. The number of furan rings is 1. The lowest BCUT2D eigenvalue weighted by Gasteiger charge is -2.12. The molecule has 3 rings (SSSR count). The molecule has 3 aromatic rings. The van der Waals surface area contributed by atoms with Gasteiger partial charge in [0.1, 0.15) is 11.3 Å². The van der Waals surface area contributed by atoms with E-state index >= 15 is 0 Å². The molecule has 0 radical (unpaired) electrons. The summed E-state index contributed by atoms with van der Waals surface area (Å²) in [6.45, 7) is 5.40. The van der Waals surface area contributed by atoms with Gasteiger partial charge in [-0.25, -0.2) is 13.1 Å². The molecule has 1 unspecified atom stereocenters. The Labute approximate surface area is 157 Å². The van der Waals surface area contributed by atoms with E-state index in [2.05, 4.69) is 16.6 Å². The van der Waals surface area contributed by atoms with Gasteiger partial charge in [-0.3, -0.25) is 4.79 Å². The molecule has 7 heteroatoms. The normalized spacial score (nSPS) is 12.6. The number of carbonyl (C=O) groups excluding carboxylic acids is 1. The molecule has 27 heavy (non-hydrogen) atoms. The topological polar surface area (TPSA) is 88.4 Å². The Morgan fingerprint density at radius 2 is 1.96 bits per heavy atom. The minimum absolute atomic E-state index is 0.0217. The number of carbonyl (C=O) groups is 1. The van der Waals surface area contributed by atoms with Gasteiger partial charge in [0.25, 0.3) is 5.91 Å². The van der Waals surface area contributed by atoms with Crippen LogP contribution >= 0.6 is 0 Å². The van der Waals surface area contributed by atoms with Gasteiger partial charge in [-0.2, -0.15) is 0 Å². The number of sulfonamides is 1. The highest BCUT2D eigenvalue weighted by Gasteiger charge is 2.18. The molecule has 2 N–H and O–H groups in total. The summed E-state index contributed by atoms with van der Waals surface area (Å²) >= 11 is 0. The molecule has 0 aliphatic heterocycles. The smallest absolute Gasteiger partial charge is 0.251 e. The summed E-state index contributed by atoms with van der Waals surface area (Å²) in [6.07, 6.45) is 1.45. The van der Waals surface area contributed by atoms with Crippen molar-refractivity contribution in [1.82, 2.24) is 10.0 Å². The van der Waals surface area contributed by atoms with E-state index in [9.17, 15) is 13.2 Å². The molecule has 6 nitrogen and oxygen atoms in total. The highest BCUT2D eigenvalue weighted by molar-refractivity contribution is 7.89. The third-order valence-electron chi connectivity index (χ3n) is 4.04. The van der Waals surface area contributed by atoms with E-state index in [0.717, 1.165) is 11.0 Å². The molecule has 1 atom stereocenters. The molecule has 0 aliphatic rings. The summed E-state index contributed by atoms with van der Waals surface area (Å²) in [5.74, 6) is 0.240. The van der Waals surface area contributed by atoms with E-state index in [0.29, 0.717) is 5.76 Å². The van der Waals surface area contributed by atoms with Crippen LogP contribution in [0.5, 0.6) is 0 Å². The minimum atomic E-state index is -3.70. The monoisotopic (exact) mass is 384 g/mol. The first-order valence-corrected chi connectivity index (χ1v) is 9.89. The van der Waals surface area contributed by atoms with E-state index in [1.165, 1.54) is 24.3 Å². The lowest BCUT2D eigenvalue weighted by Crippen LogP contribution is -2.27. The number of benzene rings is 2. The molecule has 0 spiro atoms. The van der Waals surface area contributed by atoms with Gasteiger partial charge in [-0.15, -0.1) is 6.58 Å². The van der Waals surface area contributed by atoms with Gasteiger partial charge in [0.2, 0.25) is 10.0 Å². The third-order valence-corrected chi connectivity index (χ3v) is 5.46. The average molecular weight is 384 g/mol. The fourth-order valence-electron chi connectivity index (χ4n) is 2.62. The molecule has 140 valence electrons. The lowest BCUT2D eigenvalue weighted by molar-refractivity contribution is 0.0935. The van der Waals surface area contributed by atoms with Crippen molar-refractivity contribution in [1.29, 1.82) is 0 Å². The first-order chi connectivity index (χ1) is 12.9. The van der Waals surface area contributed by atoms with E-state index in [1.54, 1.807) is 6.07 Å². The largest absolute Gasteiger partial charge is 0.459 e. The molecule has 0 aliphatic carbocycles. The Morgan fingerprint density at radius 3 is 2.70 bits per heavy atom. The number of nitrogens with one attached hydrogen (secondary N) is 2. The van der Waals surface area contributed by atoms with Crippen LogP contribution in [-0.4, -0.2) is 20.9 Å². The molecule has 1 aromatic heterocycles. The maximum atomic E-state index is 12.6. The fraction of sp³-hybridized carbons (Fsp3) is 0.150. The number of hydrogen-bond donors (Lipinski definition) is 2. The zero-order valence-electron chi connectivity index (χ0n) is 14.8. The van der Waals surface area contributed by atoms with Crippen LogP contribution in [-0.2, 0) is 10.0 Å². The van der Waals surface area contributed by atoms with Crippen LogP contribution < -0.4 is 10.0 Å². The molecular weight excluding hydrogens is 364 g/mol. The highest BCUT2D eigenvalue weighted by Crippen LogP contribution is 2.24. The van der Waals surface area contributed by atoms with E-state index in [1.807, 2.05) is 37.3 Å². The molecule has 1 amide bonds. The fourth-order valence-corrected chi connectivity index (χ4v) is 3.67. The predicted octanol–water partition coefficient (Wildman–Crippen LogP) is 3.39. The Kier molecular flexibility index (Phi) is 5.43.